The van der Waals surface area contributed by atoms with Crippen molar-refractivity contribution in [2.45, 2.75) is 25.6 Å². The molecule has 1 amide bonds. The molecule has 1 aromatic heterocycles. The number of aromatic nitrogens is 2. The summed E-state index contributed by atoms with van der Waals surface area (Å²) in [5, 5.41) is 0. The zero-order valence-electron chi connectivity index (χ0n) is 13.4. The number of amides is 1. The third-order valence-electron chi connectivity index (χ3n) is 4.11. The van der Waals surface area contributed by atoms with E-state index in [1.165, 1.54) is 0 Å². The van der Waals surface area contributed by atoms with Gasteiger partial charge in [0.1, 0.15) is 0 Å². The van der Waals surface area contributed by atoms with E-state index in [0.29, 0.717) is 29.8 Å². The number of rotatable bonds is 4. The standard InChI is InChI=1S/C17H19N3O3S/c1-2-24-10-11-5-3-4-6-12(11)16(22)20-8-7-13-14(9-20)18-17(23)19-15(13)21/h3-6H,2,7-10H2,1H3,(H2,18,19,21,23). The molecule has 0 spiro atoms. The van der Waals surface area contributed by atoms with Crippen molar-refractivity contribution in [3.63, 3.8) is 0 Å². The Labute approximate surface area is 143 Å². The van der Waals surface area contributed by atoms with Crippen molar-refractivity contribution in [2.75, 3.05) is 12.3 Å². The smallest absolute Gasteiger partial charge is 0.325 e. The molecule has 0 aliphatic carbocycles. The van der Waals surface area contributed by atoms with Crippen molar-refractivity contribution in [3.05, 3.63) is 67.5 Å². The van der Waals surface area contributed by atoms with Crippen LogP contribution >= 0.6 is 11.8 Å². The zero-order chi connectivity index (χ0) is 17.1. The van der Waals surface area contributed by atoms with Crippen molar-refractivity contribution >= 4 is 17.7 Å². The lowest BCUT2D eigenvalue weighted by Crippen LogP contribution is -2.41. The number of H-pyrrole nitrogens is 2. The summed E-state index contributed by atoms with van der Waals surface area (Å²) in [4.78, 5) is 42.8. The minimum absolute atomic E-state index is 0.0610. The van der Waals surface area contributed by atoms with E-state index in [-0.39, 0.29) is 18.0 Å². The van der Waals surface area contributed by atoms with Gasteiger partial charge in [0.15, 0.2) is 0 Å². The van der Waals surface area contributed by atoms with Gasteiger partial charge in [-0.2, -0.15) is 11.8 Å². The predicted octanol–water partition coefficient (Wildman–Crippen LogP) is 1.51. The molecule has 7 heteroatoms. The largest absolute Gasteiger partial charge is 0.332 e. The second-order valence-corrected chi connectivity index (χ2v) is 6.91. The van der Waals surface area contributed by atoms with Gasteiger partial charge in [-0.25, -0.2) is 4.79 Å². The van der Waals surface area contributed by atoms with Crippen LogP contribution in [0.25, 0.3) is 0 Å². The van der Waals surface area contributed by atoms with E-state index >= 15 is 0 Å². The van der Waals surface area contributed by atoms with Crippen molar-refractivity contribution in [3.8, 4) is 0 Å². The molecule has 0 saturated heterocycles. The molecule has 0 bridgehead atoms. The first-order valence-electron chi connectivity index (χ1n) is 7.89. The van der Waals surface area contributed by atoms with Crippen molar-refractivity contribution < 1.29 is 4.79 Å². The molecule has 24 heavy (non-hydrogen) atoms. The topological polar surface area (TPSA) is 86.0 Å². The van der Waals surface area contributed by atoms with Crippen molar-refractivity contribution in [1.82, 2.24) is 14.9 Å². The summed E-state index contributed by atoms with van der Waals surface area (Å²) >= 11 is 1.77. The van der Waals surface area contributed by atoms with Gasteiger partial charge in [0.05, 0.1) is 6.54 Å². The molecule has 3 rings (SSSR count). The third kappa shape index (κ3) is 3.31. The highest BCUT2D eigenvalue weighted by Crippen LogP contribution is 2.21. The highest BCUT2D eigenvalue weighted by molar-refractivity contribution is 7.98. The normalized spacial score (nSPS) is 13.6. The van der Waals surface area contributed by atoms with Crippen LogP contribution in [0.15, 0.2) is 33.9 Å². The minimum atomic E-state index is -0.534. The summed E-state index contributed by atoms with van der Waals surface area (Å²) in [6.07, 6.45) is 0.444. The van der Waals surface area contributed by atoms with Gasteiger partial charge in [0, 0.05) is 29.1 Å². The fraction of sp³-hybridized carbons (Fsp3) is 0.353. The van der Waals surface area contributed by atoms with E-state index < -0.39 is 5.69 Å². The van der Waals surface area contributed by atoms with Crippen molar-refractivity contribution in [2.24, 2.45) is 0 Å². The summed E-state index contributed by atoms with van der Waals surface area (Å²) in [7, 11) is 0. The number of thioether (sulfide) groups is 1. The van der Waals surface area contributed by atoms with Crippen LogP contribution in [-0.2, 0) is 18.7 Å². The maximum absolute atomic E-state index is 12.9. The number of fused-ring (bicyclic) bond motifs is 1. The predicted molar refractivity (Wildman–Crippen MR) is 94.4 cm³/mol. The molecule has 126 valence electrons. The van der Waals surface area contributed by atoms with Crippen LogP contribution in [0.5, 0.6) is 0 Å². The fourth-order valence-corrected chi connectivity index (χ4v) is 3.56. The molecular formula is C17H19N3O3S. The lowest BCUT2D eigenvalue weighted by Gasteiger charge is -2.28. The van der Waals surface area contributed by atoms with Gasteiger partial charge in [-0.15, -0.1) is 0 Å². The lowest BCUT2D eigenvalue weighted by atomic mass is 10.0. The molecular weight excluding hydrogens is 326 g/mol. The van der Waals surface area contributed by atoms with Gasteiger partial charge < -0.3 is 9.88 Å². The quantitative estimate of drug-likeness (QED) is 0.880. The Bertz CT molecular complexity index is 872. The van der Waals surface area contributed by atoms with Gasteiger partial charge >= 0.3 is 5.69 Å². The number of nitrogens with zero attached hydrogens (tertiary/aromatic N) is 1. The molecule has 0 fully saturated rings. The van der Waals surface area contributed by atoms with Crippen LogP contribution in [0.4, 0.5) is 0 Å². The zero-order valence-corrected chi connectivity index (χ0v) is 14.2. The molecule has 6 nitrogen and oxygen atoms in total. The average molecular weight is 345 g/mol. The number of benzene rings is 1. The number of hydrogen-bond acceptors (Lipinski definition) is 4. The van der Waals surface area contributed by atoms with E-state index in [4.69, 9.17) is 0 Å². The van der Waals surface area contributed by atoms with Crippen LogP contribution in [-0.4, -0.2) is 33.1 Å². The Morgan fingerprint density at radius 1 is 1.25 bits per heavy atom. The molecule has 0 saturated carbocycles. The Kier molecular flexibility index (Phi) is 4.89. The van der Waals surface area contributed by atoms with E-state index in [9.17, 15) is 14.4 Å². The summed E-state index contributed by atoms with van der Waals surface area (Å²) < 4.78 is 0. The maximum atomic E-state index is 12.9. The molecule has 2 aromatic rings. The molecule has 0 atom stereocenters. The summed E-state index contributed by atoms with van der Waals surface area (Å²) in [6.45, 7) is 2.81. The molecule has 2 N–H and O–H groups in total. The molecule has 2 heterocycles. The molecule has 1 aromatic carbocycles. The van der Waals surface area contributed by atoms with Crippen LogP contribution in [0.1, 0.15) is 34.1 Å². The van der Waals surface area contributed by atoms with Crippen LogP contribution in [0, 0.1) is 0 Å². The number of aromatic amines is 2. The number of carbonyl (C=O) groups is 1. The Hall–Kier alpha value is -2.28. The highest BCUT2D eigenvalue weighted by Gasteiger charge is 2.25. The van der Waals surface area contributed by atoms with E-state index in [0.717, 1.165) is 17.1 Å². The van der Waals surface area contributed by atoms with Gasteiger partial charge in [-0.05, 0) is 23.8 Å². The maximum Gasteiger partial charge on any atom is 0.325 e. The van der Waals surface area contributed by atoms with Crippen LogP contribution in [0.3, 0.4) is 0 Å². The van der Waals surface area contributed by atoms with Gasteiger partial charge in [-0.3, -0.25) is 14.6 Å². The highest BCUT2D eigenvalue weighted by atomic mass is 32.2. The molecule has 1 aliphatic rings. The van der Waals surface area contributed by atoms with E-state index in [1.807, 2.05) is 24.3 Å². The lowest BCUT2D eigenvalue weighted by molar-refractivity contribution is 0.0730. The summed E-state index contributed by atoms with van der Waals surface area (Å²) in [5.41, 5.74) is 1.90. The Balaban J connectivity index is 1.87. The first kappa shape index (κ1) is 16.6. The van der Waals surface area contributed by atoms with Gasteiger partial charge in [-0.1, -0.05) is 25.1 Å². The molecule has 1 aliphatic heterocycles. The first-order valence-corrected chi connectivity index (χ1v) is 9.05. The third-order valence-corrected chi connectivity index (χ3v) is 5.03. The van der Waals surface area contributed by atoms with Gasteiger partial charge in [0.25, 0.3) is 11.5 Å². The Morgan fingerprint density at radius 2 is 2.04 bits per heavy atom. The van der Waals surface area contributed by atoms with Crippen LogP contribution < -0.4 is 11.2 Å². The van der Waals surface area contributed by atoms with Crippen LogP contribution in [0.2, 0.25) is 0 Å². The fourth-order valence-electron chi connectivity index (χ4n) is 2.89. The average Bonchev–Trinajstić information content (AvgIpc) is 2.59. The van der Waals surface area contributed by atoms with Crippen molar-refractivity contribution in [1.29, 1.82) is 0 Å². The molecule has 0 radical (unpaired) electrons. The second kappa shape index (κ2) is 7.09. The number of nitrogens with one attached hydrogen (secondary N) is 2. The van der Waals surface area contributed by atoms with E-state index in [1.54, 1.807) is 16.7 Å². The summed E-state index contributed by atoms with van der Waals surface area (Å²) in [5.74, 6) is 1.72. The summed E-state index contributed by atoms with van der Waals surface area (Å²) in [6, 6.07) is 7.60. The Morgan fingerprint density at radius 3 is 2.83 bits per heavy atom. The number of carbonyl (C=O) groups excluding carboxylic acids is 1. The van der Waals surface area contributed by atoms with Gasteiger partial charge in [0.2, 0.25) is 0 Å². The number of hydrogen-bond donors (Lipinski definition) is 2. The molecule has 0 unspecified atom stereocenters. The SMILES string of the molecule is CCSCc1ccccc1C(=O)N1CCc2c([nH]c(=O)[nH]c2=O)C1. The second-order valence-electron chi connectivity index (χ2n) is 5.64. The monoisotopic (exact) mass is 345 g/mol. The van der Waals surface area contributed by atoms with E-state index in [2.05, 4.69) is 16.9 Å². The first-order chi connectivity index (χ1) is 11.6. The minimum Gasteiger partial charge on any atom is -0.332 e.